The highest BCUT2D eigenvalue weighted by Gasteiger charge is 2.16. The van der Waals surface area contributed by atoms with E-state index in [1.807, 2.05) is 0 Å². The van der Waals surface area contributed by atoms with Crippen molar-refractivity contribution in [2.24, 2.45) is 0 Å². The van der Waals surface area contributed by atoms with Gasteiger partial charge in [-0.05, 0) is 39.0 Å². The molecule has 0 atom stereocenters. The summed E-state index contributed by atoms with van der Waals surface area (Å²) in [6.07, 6.45) is -0.706. The molecule has 3 N–H and O–H groups in total. The molecule has 0 spiro atoms. The Bertz CT molecular complexity index is 509. The second kappa shape index (κ2) is 7.28. The molecule has 0 bridgehead atoms. The van der Waals surface area contributed by atoms with Crippen molar-refractivity contribution in [3.05, 3.63) is 35.9 Å². The Morgan fingerprint density at radius 2 is 1.76 bits per heavy atom. The minimum atomic E-state index is -0.706. The van der Waals surface area contributed by atoms with Crippen LogP contribution in [-0.4, -0.2) is 30.1 Å². The fourth-order valence-corrected chi connectivity index (χ4v) is 1.25. The summed E-state index contributed by atoms with van der Waals surface area (Å²) in [4.78, 5) is 34.4. The average molecular weight is 292 g/mol. The summed E-state index contributed by atoms with van der Waals surface area (Å²) in [5, 5.41) is 2.27. The highest BCUT2D eigenvalue weighted by molar-refractivity contribution is 5.95. The Morgan fingerprint density at radius 1 is 1.14 bits per heavy atom. The van der Waals surface area contributed by atoms with Crippen molar-refractivity contribution in [3.8, 4) is 0 Å². The van der Waals surface area contributed by atoms with Crippen molar-refractivity contribution in [3.63, 3.8) is 0 Å². The largest absolute Gasteiger partial charge is 0.444 e. The van der Waals surface area contributed by atoms with Gasteiger partial charge in [-0.25, -0.2) is 4.79 Å². The molecule has 0 heterocycles. The van der Waals surface area contributed by atoms with E-state index >= 15 is 0 Å². The Labute approximate surface area is 123 Å². The number of alkyl carbamates (subject to hydrolysis) is 1. The quantitative estimate of drug-likeness (QED) is 0.717. The third kappa shape index (κ3) is 6.95. The molecular weight excluding hydrogens is 274 g/mol. The number of carbonyl (C=O) groups excluding carboxylic acids is 3. The lowest BCUT2D eigenvalue weighted by Gasteiger charge is -2.19. The number of hydrazine groups is 1. The van der Waals surface area contributed by atoms with Crippen molar-refractivity contribution in [2.45, 2.75) is 26.4 Å². The normalized spacial score (nSPS) is 10.4. The Kier molecular flexibility index (Phi) is 5.71. The van der Waals surface area contributed by atoms with Gasteiger partial charge in [0, 0.05) is 5.56 Å². The number of benzene rings is 1. The molecule has 0 aliphatic rings. The average Bonchev–Trinajstić information content (AvgIpc) is 2.41. The second-order valence-corrected chi connectivity index (χ2v) is 5.15. The number of hydrogen-bond donors (Lipinski definition) is 3. The minimum Gasteiger partial charge on any atom is -0.444 e. The summed E-state index contributed by atoms with van der Waals surface area (Å²) >= 11 is 0. The summed E-state index contributed by atoms with van der Waals surface area (Å²) < 4.78 is 4.96. The first-order valence-corrected chi connectivity index (χ1v) is 6.30. The molecule has 1 rings (SSSR count). The van der Waals surface area contributed by atoms with E-state index in [1.165, 1.54) is 0 Å². The first-order chi connectivity index (χ1) is 9.78. The monoisotopic (exact) mass is 292 g/mol. The van der Waals surface area contributed by atoms with E-state index in [0.29, 0.717) is 5.56 Å². The van der Waals surface area contributed by atoms with Crippen molar-refractivity contribution >= 4 is 17.9 Å². The number of rotatable bonds is 3. The van der Waals surface area contributed by atoms with Gasteiger partial charge < -0.3 is 10.1 Å². The fourth-order valence-electron chi connectivity index (χ4n) is 1.25. The number of ether oxygens (including phenoxy) is 1. The van der Waals surface area contributed by atoms with E-state index in [9.17, 15) is 14.4 Å². The van der Waals surface area contributed by atoms with Crippen LogP contribution in [0, 0.1) is 6.07 Å². The number of amides is 3. The zero-order valence-corrected chi connectivity index (χ0v) is 12.1. The van der Waals surface area contributed by atoms with Crippen LogP contribution in [0.15, 0.2) is 24.3 Å². The van der Waals surface area contributed by atoms with Gasteiger partial charge in [-0.2, -0.15) is 0 Å². The molecule has 0 unspecified atom stereocenters. The predicted molar refractivity (Wildman–Crippen MR) is 75.1 cm³/mol. The van der Waals surface area contributed by atoms with Gasteiger partial charge in [-0.1, -0.05) is 12.1 Å². The molecule has 0 saturated heterocycles. The Morgan fingerprint density at radius 3 is 2.33 bits per heavy atom. The van der Waals surface area contributed by atoms with Gasteiger partial charge >= 0.3 is 6.09 Å². The van der Waals surface area contributed by atoms with Crippen LogP contribution >= 0.6 is 0 Å². The molecule has 3 amide bonds. The van der Waals surface area contributed by atoms with Crippen molar-refractivity contribution < 1.29 is 19.1 Å². The molecule has 0 saturated carbocycles. The fraction of sp³-hybridized carbons (Fsp3) is 0.357. The van der Waals surface area contributed by atoms with Crippen LogP contribution in [0.5, 0.6) is 0 Å². The maximum Gasteiger partial charge on any atom is 0.408 e. The van der Waals surface area contributed by atoms with Gasteiger partial charge in [0.15, 0.2) is 0 Å². The van der Waals surface area contributed by atoms with Crippen LogP contribution < -0.4 is 16.2 Å². The lowest BCUT2D eigenvalue weighted by Crippen LogP contribution is -2.47. The Balaban J connectivity index is 2.29. The molecular formula is C14H18N3O4. The molecule has 0 fully saturated rings. The lowest BCUT2D eigenvalue weighted by molar-refractivity contribution is -0.121. The van der Waals surface area contributed by atoms with Crippen LogP contribution in [0.3, 0.4) is 0 Å². The summed E-state index contributed by atoms with van der Waals surface area (Å²) in [6.45, 7) is 4.83. The van der Waals surface area contributed by atoms with Crippen LogP contribution in [0.4, 0.5) is 4.79 Å². The molecule has 7 nitrogen and oxygen atoms in total. The van der Waals surface area contributed by atoms with E-state index < -0.39 is 23.5 Å². The SMILES string of the molecule is CC(C)(C)OC(=O)NCC(=O)NNC(=O)c1cc[c]cc1. The molecule has 0 aromatic heterocycles. The van der Waals surface area contributed by atoms with Gasteiger partial charge in [0.05, 0.1) is 0 Å². The van der Waals surface area contributed by atoms with Gasteiger partial charge in [0.1, 0.15) is 12.1 Å². The zero-order valence-electron chi connectivity index (χ0n) is 12.1. The topological polar surface area (TPSA) is 96.5 Å². The highest BCUT2D eigenvalue weighted by Crippen LogP contribution is 2.05. The van der Waals surface area contributed by atoms with Gasteiger partial charge in [-0.15, -0.1) is 0 Å². The summed E-state index contributed by atoms with van der Waals surface area (Å²) in [5.41, 5.74) is 4.15. The van der Waals surface area contributed by atoms with E-state index in [1.54, 1.807) is 45.0 Å². The van der Waals surface area contributed by atoms with Crippen LogP contribution in [0.2, 0.25) is 0 Å². The first-order valence-electron chi connectivity index (χ1n) is 6.30. The standard InChI is InChI=1S/C14H18N3O4/c1-14(2,3)21-13(20)15-9-11(18)16-17-12(19)10-7-5-4-6-8-10/h5-8H,9H2,1-3H3,(H,15,20)(H,16,18)(H,17,19). The van der Waals surface area contributed by atoms with Gasteiger partial charge in [-0.3, -0.25) is 20.4 Å². The second-order valence-electron chi connectivity index (χ2n) is 5.15. The summed E-state index contributed by atoms with van der Waals surface area (Å²) in [7, 11) is 0. The number of hydrogen-bond acceptors (Lipinski definition) is 4. The smallest absolute Gasteiger partial charge is 0.408 e. The third-order valence-electron chi connectivity index (χ3n) is 2.09. The van der Waals surface area contributed by atoms with Crippen molar-refractivity contribution in [2.75, 3.05) is 6.54 Å². The van der Waals surface area contributed by atoms with E-state index in [2.05, 4.69) is 22.2 Å². The van der Waals surface area contributed by atoms with Crippen LogP contribution in [-0.2, 0) is 9.53 Å². The van der Waals surface area contributed by atoms with Crippen molar-refractivity contribution in [1.82, 2.24) is 16.2 Å². The van der Waals surface area contributed by atoms with E-state index in [-0.39, 0.29) is 6.54 Å². The molecule has 0 aliphatic heterocycles. The van der Waals surface area contributed by atoms with Crippen LogP contribution in [0.25, 0.3) is 0 Å². The third-order valence-corrected chi connectivity index (χ3v) is 2.09. The minimum absolute atomic E-state index is 0.308. The summed E-state index contributed by atoms with van der Waals surface area (Å²) in [6, 6.07) is 9.06. The molecule has 1 aromatic rings. The summed E-state index contributed by atoms with van der Waals surface area (Å²) in [5.74, 6) is -1.04. The zero-order chi connectivity index (χ0) is 15.9. The van der Waals surface area contributed by atoms with Crippen LogP contribution in [0.1, 0.15) is 31.1 Å². The lowest BCUT2D eigenvalue weighted by atomic mass is 10.2. The molecule has 1 aromatic carbocycles. The number of carbonyl (C=O) groups is 3. The molecule has 7 heteroatoms. The molecule has 0 aliphatic carbocycles. The van der Waals surface area contributed by atoms with Crippen molar-refractivity contribution in [1.29, 1.82) is 0 Å². The van der Waals surface area contributed by atoms with E-state index in [0.717, 1.165) is 0 Å². The molecule has 21 heavy (non-hydrogen) atoms. The van der Waals surface area contributed by atoms with E-state index in [4.69, 9.17) is 4.74 Å². The van der Waals surface area contributed by atoms with Gasteiger partial charge in [0.25, 0.3) is 11.8 Å². The predicted octanol–water partition coefficient (Wildman–Crippen LogP) is 0.772. The maximum atomic E-state index is 11.6. The Hall–Kier alpha value is -2.57. The molecule has 1 radical (unpaired) electrons. The maximum absolute atomic E-state index is 11.6. The highest BCUT2D eigenvalue weighted by atomic mass is 16.6. The molecule has 113 valence electrons. The van der Waals surface area contributed by atoms with Gasteiger partial charge in [0.2, 0.25) is 0 Å². The number of nitrogens with one attached hydrogen (secondary N) is 3. The first kappa shape index (κ1) is 16.5.